The highest BCUT2D eigenvalue weighted by Crippen LogP contribution is 2.30. The standard InChI is InChI=1S/C25H26ClN3O3S/c1-20-11-13-22(14-12-20)33(31,32)29(24-10-6-5-9-23(24)26)19-25(30)28-17-15-27(16-18-28)21-7-3-2-4-8-21/h2-14H,15-19H2,1H3. The summed E-state index contributed by atoms with van der Waals surface area (Å²) in [5.41, 5.74) is 2.35. The van der Waals surface area contributed by atoms with Crippen LogP contribution in [-0.2, 0) is 14.8 Å². The molecule has 33 heavy (non-hydrogen) atoms. The molecule has 172 valence electrons. The number of nitrogens with zero attached hydrogens (tertiary/aromatic N) is 3. The van der Waals surface area contributed by atoms with Gasteiger partial charge >= 0.3 is 0 Å². The molecule has 0 atom stereocenters. The molecule has 0 saturated carbocycles. The number of hydrogen-bond donors (Lipinski definition) is 0. The molecule has 6 nitrogen and oxygen atoms in total. The number of benzene rings is 3. The van der Waals surface area contributed by atoms with E-state index in [9.17, 15) is 13.2 Å². The van der Waals surface area contributed by atoms with Crippen LogP contribution in [0, 0.1) is 6.92 Å². The van der Waals surface area contributed by atoms with Crippen molar-refractivity contribution in [3.8, 4) is 0 Å². The van der Waals surface area contributed by atoms with Gasteiger partial charge in [-0.15, -0.1) is 0 Å². The highest BCUT2D eigenvalue weighted by atomic mass is 35.5. The van der Waals surface area contributed by atoms with Crippen LogP contribution in [0.2, 0.25) is 5.02 Å². The zero-order valence-corrected chi connectivity index (χ0v) is 20.0. The van der Waals surface area contributed by atoms with Crippen molar-refractivity contribution in [1.29, 1.82) is 0 Å². The average molecular weight is 484 g/mol. The summed E-state index contributed by atoms with van der Waals surface area (Å²) in [6.45, 7) is 3.99. The molecule has 1 heterocycles. The summed E-state index contributed by atoms with van der Waals surface area (Å²) in [6.07, 6.45) is 0. The average Bonchev–Trinajstić information content (AvgIpc) is 2.84. The number of halogens is 1. The monoisotopic (exact) mass is 483 g/mol. The molecular weight excluding hydrogens is 458 g/mol. The molecule has 3 aromatic rings. The van der Waals surface area contributed by atoms with Crippen molar-refractivity contribution < 1.29 is 13.2 Å². The summed E-state index contributed by atoms with van der Waals surface area (Å²) >= 11 is 6.36. The van der Waals surface area contributed by atoms with Crippen molar-refractivity contribution in [3.63, 3.8) is 0 Å². The summed E-state index contributed by atoms with van der Waals surface area (Å²) < 4.78 is 28.2. The van der Waals surface area contributed by atoms with Crippen LogP contribution >= 0.6 is 11.6 Å². The number of hydrogen-bond acceptors (Lipinski definition) is 4. The van der Waals surface area contributed by atoms with Gasteiger partial charge in [-0.2, -0.15) is 0 Å². The van der Waals surface area contributed by atoms with Gasteiger partial charge in [0.2, 0.25) is 5.91 Å². The third-order valence-electron chi connectivity index (χ3n) is 5.76. The van der Waals surface area contributed by atoms with E-state index in [4.69, 9.17) is 11.6 Å². The Labute approximate surface area is 200 Å². The van der Waals surface area contributed by atoms with Crippen molar-refractivity contribution in [2.45, 2.75) is 11.8 Å². The third kappa shape index (κ3) is 5.15. The SMILES string of the molecule is Cc1ccc(S(=O)(=O)N(CC(=O)N2CCN(c3ccccc3)CC2)c2ccccc2Cl)cc1. The molecule has 1 saturated heterocycles. The fourth-order valence-corrected chi connectivity index (χ4v) is 5.59. The molecule has 8 heteroatoms. The molecule has 0 aliphatic carbocycles. The van der Waals surface area contributed by atoms with E-state index in [-0.39, 0.29) is 28.1 Å². The molecule has 0 aromatic heterocycles. The van der Waals surface area contributed by atoms with Gasteiger partial charge in [0.05, 0.1) is 15.6 Å². The lowest BCUT2D eigenvalue weighted by atomic mass is 10.2. The van der Waals surface area contributed by atoms with Crippen LogP contribution in [0.5, 0.6) is 0 Å². The molecule has 0 bridgehead atoms. The van der Waals surface area contributed by atoms with Crippen LogP contribution in [0.4, 0.5) is 11.4 Å². The van der Waals surface area contributed by atoms with Crippen molar-refractivity contribution in [1.82, 2.24) is 4.90 Å². The van der Waals surface area contributed by atoms with Crippen LogP contribution in [-0.4, -0.2) is 51.9 Å². The fraction of sp³-hybridized carbons (Fsp3) is 0.240. The van der Waals surface area contributed by atoms with E-state index in [0.29, 0.717) is 26.2 Å². The van der Waals surface area contributed by atoms with Crippen LogP contribution in [0.15, 0.2) is 83.8 Å². The topological polar surface area (TPSA) is 60.9 Å². The minimum absolute atomic E-state index is 0.120. The molecule has 1 amide bonds. The molecule has 3 aromatic carbocycles. The van der Waals surface area contributed by atoms with E-state index >= 15 is 0 Å². The molecule has 0 spiro atoms. The molecular formula is C25H26ClN3O3S. The van der Waals surface area contributed by atoms with E-state index in [0.717, 1.165) is 15.6 Å². The van der Waals surface area contributed by atoms with Crippen molar-refractivity contribution in [3.05, 3.63) is 89.4 Å². The summed E-state index contributed by atoms with van der Waals surface area (Å²) in [6, 6.07) is 23.3. The Hall–Kier alpha value is -3.03. The number of piperazine rings is 1. The second-order valence-corrected chi connectivity index (χ2v) is 10.2. The minimum atomic E-state index is -3.99. The number of carbonyl (C=O) groups excluding carboxylic acids is 1. The maximum atomic E-state index is 13.5. The predicted molar refractivity (Wildman–Crippen MR) is 132 cm³/mol. The van der Waals surface area contributed by atoms with Crippen molar-refractivity contribution in [2.75, 3.05) is 41.9 Å². The maximum Gasteiger partial charge on any atom is 0.264 e. The highest BCUT2D eigenvalue weighted by Gasteiger charge is 2.31. The first kappa shape index (κ1) is 23.1. The Morgan fingerprint density at radius 2 is 1.48 bits per heavy atom. The zero-order valence-electron chi connectivity index (χ0n) is 18.4. The van der Waals surface area contributed by atoms with Gasteiger partial charge in [0.25, 0.3) is 10.0 Å². The van der Waals surface area contributed by atoms with Gasteiger partial charge in [0.1, 0.15) is 6.54 Å². The number of carbonyl (C=O) groups is 1. The number of aryl methyl sites for hydroxylation is 1. The van der Waals surface area contributed by atoms with Crippen LogP contribution in [0.1, 0.15) is 5.56 Å². The molecule has 4 rings (SSSR count). The van der Waals surface area contributed by atoms with Crippen molar-refractivity contribution in [2.24, 2.45) is 0 Å². The largest absolute Gasteiger partial charge is 0.368 e. The molecule has 0 N–H and O–H groups in total. The zero-order chi connectivity index (χ0) is 23.4. The Morgan fingerprint density at radius 3 is 2.12 bits per heavy atom. The second kappa shape index (κ2) is 9.85. The van der Waals surface area contributed by atoms with E-state index < -0.39 is 10.0 Å². The predicted octanol–water partition coefficient (Wildman–Crippen LogP) is 4.19. The van der Waals surface area contributed by atoms with E-state index in [1.165, 1.54) is 0 Å². The Morgan fingerprint density at radius 1 is 0.879 bits per heavy atom. The van der Waals surface area contributed by atoms with Crippen LogP contribution in [0.3, 0.4) is 0 Å². The Kier molecular flexibility index (Phi) is 6.91. The lowest BCUT2D eigenvalue weighted by Gasteiger charge is -2.37. The summed E-state index contributed by atoms with van der Waals surface area (Å²) in [5.74, 6) is -0.252. The number of para-hydroxylation sites is 2. The summed E-state index contributed by atoms with van der Waals surface area (Å²) in [4.78, 5) is 17.3. The summed E-state index contributed by atoms with van der Waals surface area (Å²) in [5, 5.41) is 0.273. The minimum Gasteiger partial charge on any atom is -0.368 e. The quantitative estimate of drug-likeness (QED) is 0.527. The molecule has 0 radical (unpaired) electrons. The lowest BCUT2D eigenvalue weighted by Crippen LogP contribution is -2.52. The molecule has 1 aliphatic rings. The maximum absolute atomic E-state index is 13.5. The van der Waals surface area contributed by atoms with E-state index in [1.54, 1.807) is 53.4 Å². The van der Waals surface area contributed by atoms with Crippen molar-refractivity contribution >= 4 is 38.9 Å². The highest BCUT2D eigenvalue weighted by molar-refractivity contribution is 7.92. The number of sulfonamides is 1. The first-order valence-electron chi connectivity index (χ1n) is 10.8. The fourth-order valence-electron chi connectivity index (χ4n) is 3.87. The molecule has 0 unspecified atom stereocenters. The van der Waals surface area contributed by atoms with Gasteiger partial charge in [0.15, 0.2) is 0 Å². The Bertz CT molecular complexity index is 1210. The van der Waals surface area contributed by atoms with Gasteiger partial charge in [-0.1, -0.05) is 59.6 Å². The summed E-state index contributed by atoms with van der Waals surface area (Å²) in [7, 11) is -3.99. The molecule has 1 aliphatic heterocycles. The number of anilines is 2. The van der Waals surface area contributed by atoms with E-state index in [1.807, 2.05) is 37.3 Å². The number of rotatable bonds is 6. The van der Waals surface area contributed by atoms with Gasteiger partial charge in [-0.25, -0.2) is 8.42 Å². The van der Waals surface area contributed by atoms with Crippen LogP contribution < -0.4 is 9.21 Å². The van der Waals surface area contributed by atoms with Gasteiger partial charge in [-0.3, -0.25) is 9.10 Å². The normalized spacial score (nSPS) is 14.2. The third-order valence-corrected chi connectivity index (χ3v) is 7.86. The lowest BCUT2D eigenvalue weighted by molar-refractivity contribution is -0.129. The number of amides is 1. The van der Waals surface area contributed by atoms with Crippen LogP contribution in [0.25, 0.3) is 0 Å². The molecule has 1 fully saturated rings. The second-order valence-electron chi connectivity index (χ2n) is 7.98. The van der Waals surface area contributed by atoms with Gasteiger partial charge < -0.3 is 9.80 Å². The smallest absolute Gasteiger partial charge is 0.264 e. The van der Waals surface area contributed by atoms with E-state index in [2.05, 4.69) is 4.90 Å². The first-order chi connectivity index (χ1) is 15.9. The Balaban J connectivity index is 1.55. The first-order valence-corrected chi connectivity index (χ1v) is 12.6. The van der Waals surface area contributed by atoms with Gasteiger partial charge in [0, 0.05) is 31.9 Å². The van der Waals surface area contributed by atoms with Gasteiger partial charge in [-0.05, 0) is 43.3 Å².